The second-order valence-electron chi connectivity index (χ2n) is 4.00. The maximum atomic E-state index is 11.7. The van der Waals surface area contributed by atoms with E-state index in [1.165, 1.54) is 24.5 Å². The molecule has 3 N–H and O–H groups in total. The Balaban J connectivity index is 2.00. The van der Waals surface area contributed by atoms with Crippen molar-refractivity contribution in [1.82, 2.24) is 15.5 Å². The number of carbonyl (C=O) groups is 1. The van der Waals surface area contributed by atoms with Crippen LogP contribution in [0.1, 0.15) is 15.9 Å². The fourth-order valence-electron chi connectivity index (χ4n) is 1.51. The van der Waals surface area contributed by atoms with Gasteiger partial charge in [0.05, 0.1) is 22.9 Å². The van der Waals surface area contributed by atoms with Crippen LogP contribution < -0.4 is 10.5 Å². The van der Waals surface area contributed by atoms with Gasteiger partial charge in [-0.3, -0.25) is 4.79 Å². The number of hydrogen-bond donors (Lipinski definition) is 2. The Kier molecular flexibility index (Phi) is 4.06. The minimum Gasteiger partial charge on any atom is -0.348 e. The minimum absolute atomic E-state index is 0.0333. The highest BCUT2D eigenvalue weighted by Gasteiger charge is 2.08. The van der Waals surface area contributed by atoms with Gasteiger partial charge in [-0.05, 0) is 23.8 Å². The third kappa shape index (κ3) is 3.59. The highest BCUT2D eigenvalue weighted by atomic mass is 32.2. The number of hydrogen-bond acceptors (Lipinski definition) is 5. The number of nitrogens with two attached hydrogens (primary N) is 1. The molecule has 7 nitrogen and oxygen atoms in total. The van der Waals surface area contributed by atoms with Crippen molar-refractivity contribution in [2.24, 2.45) is 5.14 Å². The molecule has 0 atom stereocenters. The standard InChI is InChI=1S/C12H12N4O3S/c13-20(18,19)11-3-1-9(2-4-11)7-14-12(17)10-5-6-15-16-8-10/h1-6,8H,7H2,(H,14,17)(H2,13,18,19). The third-order valence-corrected chi connectivity index (χ3v) is 3.48. The molecule has 8 heteroatoms. The number of benzene rings is 1. The molecule has 0 spiro atoms. The lowest BCUT2D eigenvalue weighted by atomic mass is 10.2. The highest BCUT2D eigenvalue weighted by Crippen LogP contribution is 2.08. The van der Waals surface area contributed by atoms with Gasteiger partial charge in [0.25, 0.3) is 5.91 Å². The van der Waals surface area contributed by atoms with E-state index in [0.29, 0.717) is 5.56 Å². The summed E-state index contributed by atoms with van der Waals surface area (Å²) >= 11 is 0. The maximum absolute atomic E-state index is 11.7. The van der Waals surface area contributed by atoms with E-state index in [4.69, 9.17) is 5.14 Å². The van der Waals surface area contributed by atoms with Crippen LogP contribution in [-0.4, -0.2) is 24.5 Å². The molecule has 0 unspecified atom stereocenters. The number of sulfonamides is 1. The lowest BCUT2D eigenvalue weighted by Crippen LogP contribution is -2.23. The van der Waals surface area contributed by atoms with Crippen LogP contribution in [0.25, 0.3) is 0 Å². The van der Waals surface area contributed by atoms with E-state index < -0.39 is 10.0 Å². The van der Waals surface area contributed by atoms with E-state index in [2.05, 4.69) is 15.5 Å². The molecule has 1 aromatic carbocycles. The summed E-state index contributed by atoms with van der Waals surface area (Å²) in [5.74, 6) is -0.282. The number of amides is 1. The van der Waals surface area contributed by atoms with Gasteiger partial charge in [-0.2, -0.15) is 10.2 Å². The largest absolute Gasteiger partial charge is 0.348 e. The first kappa shape index (κ1) is 14.1. The van der Waals surface area contributed by atoms with E-state index in [9.17, 15) is 13.2 Å². The van der Waals surface area contributed by atoms with Crippen molar-refractivity contribution in [1.29, 1.82) is 0 Å². The van der Waals surface area contributed by atoms with Crippen molar-refractivity contribution in [3.8, 4) is 0 Å². The van der Waals surface area contributed by atoms with Crippen molar-refractivity contribution in [2.75, 3.05) is 0 Å². The van der Waals surface area contributed by atoms with Crippen LogP contribution in [0.15, 0.2) is 47.6 Å². The molecule has 0 aliphatic carbocycles. The molecule has 0 bridgehead atoms. The van der Waals surface area contributed by atoms with Crippen molar-refractivity contribution >= 4 is 15.9 Å². The van der Waals surface area contributed by atoms with Crippen LogP contribution in [0.5, 0.6) is 0 Å². The molecule has 1 aromatic heterocycles. The van der Waals surface area contributed by atoms with Crippen LogP contribution in [0.3, 0.4) is 0 Å². The molecule has 1 heterocycles. The molecule has 104 valence electrons. The monoisotopic (exact) mass is 292 g/mol. The predicted molar refractivity (Wildman–Crippen MR) is 71.0 cm³/mol. The van der Waals surface area contributed by atoms with Gasteiger partial charge in [-0.25, -0.2) is 13.6 Å². The van der Waals surface area contributed by atoms with Crippen LogP contribution in [0.2, 0.25) is 0 Å². The Hall–Kier alpha value is -2.32. The molecule has 0 fully saturated rings. The summed E-state index contributed by atoms with van der Waals surface area (Å²) in [4.78, 5) is 11.8. The molecular formula is C12H12N4O3S. The predicted octanol–water partition coefficient (Wildman–Crippen LogP) is 0.0540. The Morgan fingerprint density at radius 1 is 1.15 bits per heavy atom. The number of aromatic nitrogens is 2. The summed E-state index contributed by atoms with van der Waals surface area (Å²) in [7, 11) is -3.70. The number of nitrogens with zero attached hydrogens (tertiary/aromatic N) is 2. The average Bonchev–Trinajstić information content (AvgIpc) is 2.45. The molecule has 0 saturated carbocycles. The molecule has 20 heavy (non-hydrogen) atoms. The zero-order valence-corrected chi connectivity index (χ0v) is 11.2. The summed E-state index contributed by atoms with van der Waals surface area (Å²) in [6.07, 6.45) is 2.79. The topological polar surface area (TPSA) is 115 Å². The first-order valence-electron chi connectivity index (χ1n) is 5.63. The van der Waals surface area contributed by atoms with E-state index in [1.54, 1.807) is 18.2 Å². The van der Waals surface area contributed by atoms with Crippen LogP contribution in [0, 0.1) is 0 Å². The van der Waals surface area contributed by atoms with Gasteiger partial charge in [0.1, 0.15) is 0 Å². The van der Waals surface area contributed by atoms with Crippen molar-refractivity contribution in [2.45, 2.75) is 11.4 Å². The molecular weight excluding hydrogens is 280 g/mol. The highest BCUT2D eigenvalue weighted by molar-refractivity contribution is 7.89. The number of rotatable bonds is 4. The molecule has 0 aliphatic rings. The van der Waals surface area contributed by atoms with Crippen LogP contribution in [-0.2, 0) is 16.6 Å². The van der Waals surface area contributed by atoms with Crippen molar-refractivity contribution in [3.63, 3.8) is 0 Å². The lowest BCUT2D eigenvalue weighted by Gasteiger charge is -2.05. The van der Waals surface area contributed by atoms with Crippen LogP contribution >= 0.6 is 0 Å². The average molecular weight is 292 g/mol. The maximum Gasteiger partial charge on any atom is 0.253 e. The Morgan fingerprint density at radius 2 is 1.85 bits per heavy atom. The normalized spacial score (nSPS) is 11.1. The van der Waals surface area contributed by atoms with Gasteiger partial charge in [0, 0.05) is 6.54 Å². The van der Waals surface area contributed by atoms with Gasteiger partial charge >= 0.3 is 0 Å². The van der Waals surface area contributed by atoms with E-state index in [-0.39, 0.29) is 17.3 Å². The van der Waals surface area contributed by atoms with Crippen molar-refractivity contribution < 1.29 is 13.2 Å². The number of primary sulfonamides is 1. The van der Waals surface area contributed by atoms with Gasteiger partial charge < -0.3 is 5.32 Å². The molecule has 0 aliphatic heterocycles. The summed E-state index contributed by atoms with van der Waals surface area (Å²) < 4.78 is 22.2. The Labute approximate surface area is 115 Å². The number of carbonyl (C=O) groups excluding carboxylic acids is 1. The lowest BCUT2D eigenvalue weighted by molar-refractivity contribution is 0.0950. The second-order valence-corrected chi connectivity index (χ2v) is 5.56. The smallest absolute Gasteiger partial charge is 0.253 e. The molecule has 0 saturated heterocycles. The van der Waals surface area contributed by atoms with Gasteiger partial charge in [-0.1, -0.05) is 12.1 Å². The SMILES string of the molecule is NS(=O)(=O)c1ccc(CNC(=O)c2ccnnc2)cc1. The van der Waals surface area contributed by atoms with E-state index >= 15 is 0 Å². The molecule has 0 radical (unpaired) electrons. The summed E-state index contributed by atoms with van der Waals surface area (Å²) in [6.45, 7) is 0.270. The quantitative estimate of drug-likeness (QED) is 0.826. The summed E-state index contributed by atoms with van der Waals surface area (Å²) in [5.41, 5.74) is 1.16. The van der Waals surface area contributed by atoms with Crippen molar-refractivity contribution in [3.05, 3.63) is 53.9 Å². The molecule has 2 rings (SSSR count). The van der Waals surface area contributed by atoms with Crippen LogP contribution in [0.4, 0.5) is 0 Å². The third-order valence-electron chi connectivity index (χ3n) is 2.55. The zero-order chi connectivity index (χ0) is 14.6. The Bertz CT molecular complexity index is 699. The first-order valence-corrected chi connectivity index (χ1v) is 7.18. The summed E-state index contributed by atoms with van der Waals surface area (Å²) in [6, 6.07) is 7.51. The molecule has 1 amide bonds. The fraction of sp³-hybridized carbons (Fsp3) is 0.0833. The minimum atomic E-state index is -3.70. The van der Waals surface area contributed by atoms with Gasteiger partial charge in [0.2, 0.25) is 10.0 Å². The number of nitrogens with one attached hydrogen (secondary N) is 1. The fourth-order valence-corrected chi connectivity index (χ4v) is 2.02. The zero-order valence-electron chi connectivity index (χ0n) is 10.4. The van der Waals surface area contributed by atoms with E-state index in [0.717, 1.165) is 5.56 Å². The Morgan fingerprint density at radius 3 is 2.40 bits per heavy atom. The first-order chi connectivity index (χ1) is 9.47. The van der Waals surface area contributed by atoms with Gasteiger partial charge in [-0.15, -0.1) is 0 Å². The molecule has 2 aromatic rings. The summed E-state index contributed by atoms with van der Waals surface area (Å²) in [5, 5.41) is 14.9. The second kappa shape index (κ2) is 5.76. The van der Waals surface area contributed by atoms with Gasteiger partial charge in [0.15, 0.2) is 0 Å². The van der Waals surface area contributed by atoms with E-state index in [1.807, 2.05) is 0 Å².